The second-order valence-electron chi connectivity index (χ2n) is 7.17. The Hall–Kier alpha value is -2.04. The fourth-order valence-corrected chi connectivity index (χ4v) is 3.29. The summed E-state index contributed by atoms with van der Waals surface area (Å²) in [6.07, 6.45) is 3.18. The number of carboxylic acid groups (broad SMARTS) is 1. The molecule has 5 nitrogen and oxygen atoms in total. The molecule has 23 heavy (non-hydrogen) atoms. The lowest BCUT2D eigenvalue weighted by atomic mass is 9.70. The second-order valence-corrected chi connectivity index (χ2v) is 7.17. The van der Waals surface area contributed by atoms with Gasteiger partial charge in [0.05, 0.1) is 0 Å². The highest BCUT2D eigenvalue weighted by molar-refractivity contribution is 5.94. The van der Waals surface area contributed by atoms with Crippen molar-refractivity contribution in [3.63, 3.8) is 0 Å². The summed E-state index contributed by atoms with van der Waals surface area (Å²) in [7, 11) is 0. The van der Waals surface area contributed by atoms with Crippen LogP contribution in [-0.2, 0) is 4.79 Å². The topological polar surface area (TPSA) is 75.6 Å². The van der Waals surface area contributed by atoms with Gasteiger partial charge in [0.25, 0.3) is 5.91 Å². The Balaban J connectivity index is 1.98. The highest BCUT2D eigenvalue weighted by Crippen LogP contribution is 2.38. The average molecular weight is 319 g/mol. The van der Waals surface area contributed by atoms with Crippen molar-refractivity contribution in [2.24, 2.45) is 11.3 Å². The minimum absolute atomic E-state index is 0.137. The molecular formula is C18H25NO4. The predicted molar refractivity (Wildman–Crippen MR) is 87.6 cm³/mol. The maximum Gasteiger partial charge on any atom is 0.341 e. The number of benzene rings is 1. The van der Waals surface area contributed by atoms with Gasteiger partial charge >= 0.3 is 5.97 Å². The summed E-state index contributed by atoms with van der Waals surface area (Å²) >= 11 is 0. The van der Waals surface area contributed by atoms with Gasteiger partial charge in [-0.05, 0) is 48.8 Å². The van der Waals surface area contributed by atoms with Gasteiger partial charge in [0.15, 0.2) is 6.61 Å². The average Bonchev–Trinajstić information content (AvgIpc) is 2.48. The van der Waals surface area contributed by atoms with Gasteiger partial charge in [0.1, 0.15) is 5.75 Å². The van der Waals surface area contributed by atoms with Crippen molar-refractivity contribution in [3.05, 3.63) is 29.8 Å². The standard InChI is InChI=1S/C18H25NO4/c1-12-10-18(2,3)8-7-15(12)19-17(22)13-5-4-6-14(9-13)23-11-16(20)21/h4-6,9,12,15H,7-8,10-11H2,1-3H3,(H,19,22)(H,20,21). The van der Waals surface area contributed by atoms with Crippen LogP contribution < -0.4 is 10.1 Å². The number of nitrogens with one attached hydrogen (secondary N) is 1. The lowest BCUT2D eigenvalue weighted by molar-refractivity contribution is -0.139. The molecule has 0 aromatic heterocycles. The van der Waals surface area contributed by atoms with Gasteiger partial charge in [0.2, 0.25) is 0 Å². The van der Waals surface area contributed by atoms with Crippen molar-refractivity contribution >= 4 is 11.9 Å². The number of ether oxygens (including phenoxy) is 1. The van der Waals surface area contributed by atoms with E-state index in [1.54, 1.807) is 24.3 Å². The van der Waals surface area contributed by atoms with E-state index in [0.717, 1.165) is 19.3 Å². The molecule has 0 spiro atoms. The zero-order valence-corrected chi connectivity index (χ0v) is 14.0. The molecule has 1 aromatic rings. The maximum absolute atomic E-state index is 12.4. The number of amides is 1. The predicted octanol–water partition coefficient (Wildman–Crippen LogP) is 3.09. The normalized spacial score (nSPS) is 23.1. The van der Waals surface area contributed by atoms with Crippen molar-refractivity contribution in [1.29, 1.82) is 0 Å². The molecule has 0 bridgehead atoms. The summed E-state index contributed by atoms with van der Waals surface area (Å²) in [6.45, 7) is 6.30. The van der Waals surface area contributed by atoms with Gasteiger partial charge in [0, 0.05) is 11.6 Å². The van der Waals surface area contributed by atoms with Crippen molar-refractivity contribution < 1.29 is 19.4 Å². The fraction of sp³-hybridized carbons (Fsp3) is 0.556. The van der Waals surface area contributed by atoms with E-state index in [0.29, 0.717) is 22.6 Å². The van der Waals surface area contributed by atoms with Crippen LogP contribution in [0.3, 0.4) is 0 Å². The molecule has 1 saturated carbocycles. The van der Waals surface area contributed by atoms with Crippen molar-refractivity contribution in [2.45, 2.75) is 46.1 Å². The molecule has 2 rings (SSSR count). The molecule has 1 amide bonds. The third-order valence-corrected chi connectivity index (χ3v) is 4.47. The largest absolute Gasteiger partial charge is 0.482 e. The fourth-order valence-electron chi connectivity index (χ4n) is 3.29. The van der Waals surface area contributed by atoms with Crippen LogP contribution in [0.1, 0.15) is 50.4 Å². The van der Waals surface area contributed by atoms with Crippen LogP contribution in [0.2, 0.25) is 0 Å². The third-order valence-electron chi connectivity index (χ3n) is 4.47. The van der Waals surface area contributed by atoms with E-state index in [9.17, 15) is 9.59 Å². The second kappa shape index (κ2) is 7.02. The summed E-state index contributed by atoms with van der Waals surface area (Å²) in [5.41, 5.74) is 0.829. The van der Waals surface area contributed by atoms with Gasteiger partial charge in [-0.1, -0.05) is 26.8 Å². The first-order valence-electron chi connectivity index (χ1n) is 8.02. The van der Waals surface area contributed by atoms with Gasteiger partial charge in [-0.3, -0.25) is 4.79 Å². The Morgan fingerprint density at radius 2 is 2.13 bits per heavy atom. The van der Waals surface area contributed by atoms with E-state index in [-0.39, 0.29) is 11.9 Å². The SMILES string of the molecule is CC1CC(C)(C)CCC1NC(=O)c1cccc(OCC(=O)O)c1. The van der Waals surface area contributed by atoms with Gasteiger partial charge < -0.3 is 15.2 Å². The summed E-state index contributed by atoms with van der Waals surface area (Å²) in [6, 6.07) is 6.81. The van der Waals surface area contributed by atoms with Gasteiger partial charge in [-0.25, -0.2) is 4.79 Å². The first kappa shape index (κ1) is 17.3. The van der Waals surface area contributed by atoms with Crippen LogP contribution in [0.5, 0.6) is 5.75 Å². The monoisotopic (exact) mass is 319 g/mol. The number of carboxylic acids is 1. The minimum atomic E-state index is -1.04. The summed E-state index contributed by atoms with van der Waals surface area (Å²) in [5.74, 6) is -0.354. The van der Waals surface area contributed by atoms with E-state index >= 15 is 0 Å². The Morgan fingerprint density at radius 3 is 2.78 bits per heavy atom. The Morgan fingerprint density at radius 1 is 1.39 bits per heavy atom. The zero-order valence-electron chi connectivity index (χ0n) is 14.0. The smallest absolute Gasteiger partial charge is 0.341 e. The Labute approximate surface area is 137 Å². The quantitative estimate of drug-likeness (QED) is 0.874. The number of carbonyl (C=O) groups is 2. The van der Waals surface area contributed by atoms with Crippen LogP contribution in [-0.4, -0.2) is 29.6 Å². The molecule has 5 heteroatoms. The molecule has 2 atom stereocenters. The summed E-state index contributed by atoms with van der Waals surface area (Å²) in [5, 5.41) is 11.7. The van der Waals surface area contributed by atoms with Crippen molar-refractivity contribution in [2.75, 3.05) is 6.61 Å². The molecule has 1 aromatic carbocycles. The van der Waals surface area contributed by atoms with Crippen LogP contribution in [0.4, 0.5) is 0 Å². The van der Waals surface area contributed by atoms with E-state index in [1.807, 2.05) is 0 Å². The van der Waals surface area contributed by atoms with E-state index in [2.05, 4.69) is 26.1 Å². The number of rotatable bonds is 5. The third kappa shape index (κ3) is 4.98. The molecule has 1 aliphatic carbocycles. The highest BCUT2D eigenvalue weighted by atomic mass is 16.5. The highest BCUT2D eigenvalue weighted by Gasteiger charge is 2.33. The van der Waals surface area contributed by atoms with Crippen LogP contribution in [0.15, 0.2) is 24.3 Å². The first-order valence-corrected chi connectivity index (χ1v) is 8.02. The molecule has 1 fully saturated rings. The molecule has 1 aliphatic rings. The molecule has 2 unspecified atom stereocenters. The Bertz CT molecular complexity index is 582. The van der Waals surface area contributed by atoms with Gasteiger partial charge in [-0.15, -0.1) is 0 Å². The summed E-state index contributed by atoms with van der Waals surface area (Å²) < 4.78 is 5.12. The minimum Gasteiger partial charge on any atom is -0.482 e. The molecule has 0 heterocycles. The zero-order chi connectivity index (χ0) is 17.0. The number of hydrogen-bond acceptors (Lipinski definition) is 3. The van der Waals surface area contributed by atoms with Gasteiger partial charge in [-0.2, -0.15) is 0 Å². The van der Waals surface area contributed by atoms with E-state index in [1.165, 1.54) is 0 Å². The molecule has 2 N–H and O–H groups in total. The van der Waals surface area contributed by atoms with Crippen molar-refractivity contribution in [3.8, 4) is 5.75 Å². The molecule has 126 valence electrons. The van der Waals surface area contributed by atoms with Crippen LogP contribution in [0.25, 0.3) is 0 Å². The van der Waals surface area contributed by atoms with Crippen LogP contribution >= 0.6 is 0 Å². The molecular weight excluding hydrogens is 294 g/mol. The number of hydrogen-bond donors (Lipinski definition) is 2. The van der Waals surface area contributed by atoms with Crippen LogP contribution in [0, 0.1) is 11.3 Å². The lowest BCUT2D eigenvalue weighted by Crippen LogP contribution is -2.44. The van der Waals surface area contributed by atoms with E-state index < -0.39 is 12.6 Å². The molecule has 0 saturated heterocycles. The first-order chi connectivity index (χ1) is 10.8. The van der Waals surface area contributed by atoms with E-state index in [4.69, 9.17) is 9.84 Å². The number of carbonyl (C=O) groups excluding carboxylic acids is 1. The maximum atomic E-state index is 12.4. The molecule has 0 radical (unpaired) electrons. The molecule has 0 aliphatic heterocycles. The Kier molecular flexibility index (Phi) is 5.29. The lowest BCUT2D eigenvalue weighted by Gasteiger charge is -2.39. The van der Waals surface area contributed by atoms with Crippen molar-refractivity contribution in [1.82, 2.24) is 5.32 Å². The number of aliphatic carboxylic acids is 1. The summed E-state index contributed by atoms with van der Waals surface area (Å²) in [4.78, 5) is 23.0.